The Kier molecular flexibility index (Phi) is 3.68. The number of rotatable bonds is 4. The van der Waals surface area contributed by atoms with Gasteiger partial charge in [0, 0.05) is 6.04 Å². The van der Waals surface area contributed by atoms with Crippen molar-refractivity contribution in [2.45, 2.75) is 71.3 Å². The molecule has 116 valence electrons. The molecule has 1 aromatic rings. The standard InChI is InChI=1S/C20H31N/c1-6-20(7-2)17-14-11-9-10-12-16(14)19(4,5)13-15(17)18(20)21-8-3/h9-12,15,17-18,21H,6-8,13H2,1-5H3. The molecular weight excluding hydrogens is 254 g/mol. The largest absolute Gasteiger partial charge is 0.313 e. The van der Waals surface area contributed by atoms with Crippen LogP contribution in [0, 0.1) is 11.3 Å². The van der Waals surface area contributed by atoms with E-state index in [0.29, 0.717) is 16.9 Å². The molecule has 21 heavy (non-hydrogen) atoms. The SMILES string of the molecule is CCNC1C2CC(C)(C)c3ccccc3C2C1(CC)CC. The van der Waals surface area contributed by atoms with E-state index in [9.17, 15) is 0 Å². The number of hydrogen-bond acceptors (Lipinski definition) is 1. The molecule has 1 nitrogen and oxygen atoms in total. The molecule has 0 aliphatic heterocycles. The molecule has 3 atom stereocenters. The van der Waals surface area contributed by atoms with E-state index in [-0.39, 0.29) is 0 Å². The third-order valence-corrected chi connectivity index (χ3v) is 6.61. The molecule has 0 saturated heterocycles. The first-order valence-corrected chi connectivity index (χ1v) is 8.84. The Bertz CT molecular complexity index is 512. The highest BCUT2D eigenvalue weighted by Gasteiger charge is 2.62. The molecule has 1 N–H and O–H groups in total. The first-order chi connectivity index (χ1) is 10.0. The summed E-state index contributed by atoms with van der Waals surface area (Å²) in [4.78, 5) is 0. The molecule has 2 aliphatic carbocycles. The van der Waals surface area contributed by atoms with E-state index < -0.39 is 0 Å². The zero-order chi connectivity index (χ0) is 15.3. The summed E-state index contributed by atoms with van der Waals surface area (Å²) in [5, 5.41) is 3.84. The van der Waals surface area contributed by atoms with Gasteiger partial charge in [-0.1, -0.05) is 58.9 Å². The molecule has 1 aromatic carbocycles. The Hall–Kier alpha value is -0.820. The van der Waals surface area contributed by atoms with Crippen LogP contribution in [0.4, 0.5) is 0 Å². The summed E-state index contributed by atoms with van der Waals surface area (Å²) in [5.74, 6) is 1.58. The van der Waals surface area contributed by atoms with Crippen molar-refractivity contribution in [1.82, 2.24) is 5.32 Å². The van der Waals surface area contributed by atoms with E-state index in [4.69, 9.17) is 0 Å². The van der Waals surface area contributed by atoms with Crippen LogP contribution in [-0.4, -0.2) is 12.6 Å². The topological polar surface area (TPSA) is 12.0 Å². The van der Waals surface area contributed by atoms with Crippen LogP contribution in [0.3, 0.4) is 0 Å². The Morgan fingerprint density at radius 2 is 1.76 bits per heavy atom. The second-order valence-electron chi connectivity index (χ2n) is 7.79. The number of hydrogen-bond donors (Lipinski definition) is 1. The van der Waals surface area contributed by atoms with Gasteiger partial charge >= 0.3 is 0 Å². The van der Waals surface area contributed by atoms with Gasteiger partial charge in [-0.3, -0.25) is 0 Å². The van der Waals surface area contributed by atoms with E-state index in [1.807, 2.05) is 0 Å². The Labute approximate surface area is 130 Å². The first kappa shape index (κ1) is 15.1. The van der Waals surface area contributed by atoms with E-state index in [1.54, 1.807) is 11.1 Å². The lowest BCUT2D eigenvalue weighted by atomic mass is 9.41. The van der Waals surface area contributed by atoms with Crippen molar-refractivity contribution < 1.29 is 0 Å². The van der Waals surface area contributed by atoms with Gasteiger partial charge in [-0.15, -0.1) is 0 Å². The second kappa shape index (κ2) is 5.12. The summed E-state index contributed by atoms with van der Waals surface area (Å²) >= 11 is 0. The van der Waals surface area contributed by atoms with Gasteiger partial charge in [0.15, 0.2) is 0 Å². The zero-order valence-corrected chi connectivity index (χ0v) is 14.4. The highest BCUT2D eigenvalue weighted by molar-refractivity contribution is 5.44. The molecule has 2 aliphatic rings. The summed E-state index contributed by atoms with van der Waals surface area (Å²) in [6.07, 6.45) is 3.91. The summed E-state index contributed by atoms with van der Waals surface area (Å²) in [6, 6.07) is 9.96. The second-order valence-corrected chi connectivity index (χ2v) is 7.79. The highest BCUT2D eigenvalue weighted by Crippen LogP contribution is 2.66. The van der Waals surface area contributed by atoms with Gasteiger partial charge in [-0.2, -0.15) is 0 Å². The summed E-state index contributed by atoms with van der Waals surface area (Å²) in [7, 11) is 0. The van der Waals surface area contributed by atoms with E-state index in [0.717, 1.165) is 18.4 Å². The molecule has 0 radical (unpaired) electrons. The number of benzene rings is 1. The molecule has 0 heterocycles. The number of nitrogens with one attached hydrogen (secondary N) is 1. The fraction of sp³-hybridized carbons (Fsp3) is 0.700. The van der Waals surface area contributed by atoms with E-state index in [1.165, 1.54) is 19.3 Å². The molecule has 0 aromatic heterocycles. The monoisotopic (exact) mass is 285 g/mol. The molecule has 3 unspecified atom stereocenters. The lowest BCUT2D eigenvalue weighted by Crippen LogP contribution is -2.67. The number of fused-ring (bicyclic) bond motifs is 3. The molecule has 1 saturated carbocycles. The van der Waals surface area contributed by atoms with Crippen molar-refractivity contribution in [1.29, 1.82) is 0 Å². The van der Waals surface area contributed by atoms with Gasteiger partial charge in [-0.05, 0) is 59.6 Å². The predicted octanol–water partition coefficient (Wildman–Crippen LogP) is 4.87. The van der Waals surface area contributed by atoms with Crippen molar-refractivity contribution in [3.05, 3.63) is 35.4 Å². The molecule has 1 fully saturated rings. The maximum absolute atomic E-state index is 3.84. The molecule has 0 bridgehead atoms. The Morgan fingerprint density at radius 3 is 2.38 bits per heavy atom. The highest BCUT2D eigenvalue weighted by atomic mass is 15.0. The smallest absolute Gasteiger partial charge is 0.0164 e. The lowest BCUT2D eigenvalue weighted by molar-refractivity contribution is -0.0685. The van der Waals surface area contributed by atoms with Crippen LogP contribution in [0.15, 0.2) is 24.3 Å². The molecule has 1 heteroatoms. The van der Waals surface area contributed by atoms with Crippen molar-refractivity contribution in [3.63, 3.8) is 0 Å². The van der Waals surface area contributed by atoms with Crippen LogP contribution in [0.1, 0.15) is 70.9 Å². The molecule has 0 amide bonds. The van der Waals surface area contributed by atoms with Crippen molar-refractivity contribution in [2.75, 3.05) is 6.54 Å². The fourth-order valence-corrected chi connectivity index (χ4v) is 5.68. The molecule has 0 spiro atoms. The van der Waals surface area contributed by atoms with Crippen LogP contribution < -0.4 is 5.32 Å². The van der Waals surface area contributed by atoms with Crippen molar-refractivity contribution in [2.24, 2.45) is 11.3 Å². The fourth-order valence-electron chi connectivity index (χ4n) is 5.68. The van der Waals surface area contributed by atoms with Gasteiger partial charge < -0.3 is 5.32 Å². The van der Waals surface area contributed by atoms with E-state index >= 15 is 0 Å². The average molecular weight is 285 g/mol. The quantitative estimate of drug-likeness (QED) is 0.832. The summed E-state index contributed by atoms with van der Waals surface area (Å²) < 4.78 is 0. The van der Waals surface area contributed by atoms with Gasteiger partial charge in [0.25, 0.3) is 0 Å². The van der Waals surface area contributed by atoms with Gasteiger partial charge in [0.2, 0.25) is 0 Å². The van der Waals surface area contributed by atoms with Crippen LogP contribution in [0.5, 0.6) is 0 Å². The van der Waals surface area contributed by atoms with Crippen molar-refractivity contribution >= 4 is 0 Å². The van der Waals surface area contributed by atoms with Crippen LogP contribution >= 0.6 is 0 Å². The Morgan fingerprint density at radius 1 is 1.10 bits per heavy atom. The third kappa shape index (κ3) is 1.93. The maximum atomic E-state index is 3.84. The van der Waals surface area contributed by atoms with Gasteiger partial charge in [0.05, 0.1) is 0 Å². The van der Waals surface area contributed by atoms with Crippen LogP contribution in [0.25, 0.3) is 0 Å². The first-order valence-electron chi connectivity index (χ1n) is 8.84. The van der Waals surface area contributed by atoms with Crippen LogP contribution in [0.2, 0.25) is 0 Å². The minimum absolute atomic E-state index is 0.319. The molecular formula is C20H31N. The lowest BCUT2D eigenvalue weighted by Gasteiger charge is -2.66. The van der Waals surface area contributed by atoms with Gasteiger partial charge in [-0.25, -0.2) is 0 Å². The minimum Gasteiger partial charge on any atom is -0.313 e. The molecule has 3 rings (SSSR count). The zero-order valence-electron chi connectivity index (χ0n) is 14.4. The maximum Gasteiger partial charge on any atom is 0.0164 e. The third-order valence-electron chi connectivity index (χ3n) is 6.61. The van der Waals surface area contributed by atoms with Gasteiger partial charge in [0.1, 0.15) is 0 Å². The normalized spacial score (nSPS) is 32.0. The van der Waals surface area contributed by atoms with E-state index in [2.05, 4.69) is 64.2 Å². The Balaban J connectivity index is 2.09. The summed E-state index contributed by atoms with van der Waals surface area (Å²) in [6.45, 7) is 13.0. The average Bonchev–Trinajstić information content (AvgIpc) is 2.48. The predicted molar refractivity (Wildman–Crippen MR) is 90.8 cm³/mol. The van der Waals surface area contributed by atoms with Crippen LogP contribution in [-0.2, 0) is 5.41 Å². The van der Waals surface area contributed by atoms with Crippen molar-refractivity contribution in [3.8, 4) is 0 Å². The minimum atomic E-state index is 0.319. The summed E-state index contributed by atoms with van der Waals surface area (Å²) in [5.41, 5.74) is 4.04.